The Kier molecular flexibility index (Phi) is 4.39. The molecule has 0 saturated carbocycles. The van der Waals surface area contributed by atoms with E-state index in [0.29, 0.717) is 13.0 Å². The maximum Gasteiger partial charge on any atom is 0.323 e. The van der Waals surface area contributed by atoms with Crippen molar-refractivity contribution in [3.63, 3.8) is 0 Å². The Bertz CT molecular complexity index is 642. The van der Waals surface area contributed by atoms with Crippen molar-refractivity contribution in [1.82, 2.24) is 5.32 Å². The van der Waals surface area contributed by atoms with Gasteiger partial charge in [0.1, 0.15) is 17.9 Å². The fourth-order valence-corrected chi connectivity index (χ4v) is 2.69. The van der Waals surface area contributed by atoms with Crippen LogP contribution in [0.5, 0.6) is 5.75 Å². The summed E-state index contributed by atoms with van der Waals surface area (Å²) in [6.07, 6.45) is 0.609. The zero-order chi connectivity index (χ0) is 15.4. The molecule has 4 nitrogen and oxygen atoms in total. The van der Waals surface area contributed by atoms with E-state index in [-0.39, 0.29) is 18.1 Å². The Morgan fingerprint density at radius 1 is 1.09 bits per heavy atom. The van der Waals surface area contributed by atoms with E-state index in [1.807, 2.05) is 36.4 Å². The van der Waals surface area contributed by atoms with Crippen LogP contribution < -0.4 is 10.1 Å². The van der Waals surface area contributed by atoms with Crippen LogP contribution in [0.2, 0.25) is 0 Å². The number of ether oxygens (including phenoxy) is 2. The third-order valence-corrected chi connectivity index (χ3v) is 3.82. The Morgan fingerprint density at radius 2 is 1.86 bits per heavy atom. The summed E-state index contributed by atoms with van der Waals surface area (Å²) in [4.78, 5) is 11.5. The summed E-state index contributed by atoms with van der Waals surface area (Å²) in [5.74, 6) is 0.586. The fraction of sp³-hybridized carbons (Fsp3) is 0.278. The first-order valence-electron chi connectivity index (χ1n) is 7.39. The second-order valence-corrected chi connectivity index (χ2v) is 5.35. The number of nitrogens with one attached hydrogen (secondary N) is 1. The SMILES string of the molecule is COC(=O)[C@@H]1C[C@@H](Oc2cccc(-c3ccccc3)c2)CN1. The van der Waals surface area contributed by atoms with Gasteiger partial charge in [-0.2, -0.15) is 0 Å². The Morgan fingerprint density at radius 3 is 2.64 bits per heavy atom. The van der Waals surface area contributed by atoms with Gasteiger partial charge in [0.2, 0.25) is 0 Å². The first kappa shape index (κ1) is 14.6. The van der Waals surface area contributed by atoms with E-state index in [1.54, 1.807) is 0 Å². The van der Waals surface area contributed by atoms with Gasteiger partial charge in [-0.05, 0) is 23.3 Å². The quantitative estimate of drug-likeness (QED) is 0.881. The molecule has 0 amide bonds. The minimum absolute atomic E-state index is 0.0184. The summed E-state index contributed by atoms with van der Waals surface area (Å²) < 4.78 is 10.7. The average Bonchev–Trinajstić information content (AvgIpc) is 3.04. The second kappa shape index (κ2) is 6.62. The van der Waals surface area contributed by atoms with Crippen LogP contribution >= 0.6 is 0 Å². The van der Waals surface area contributed by atoms with Gasteiger partial charge >= 0.3 is 5.97 Å². The summed E-state index contributed by atoms with van der Waals surface area (Å²) in [5.41, 5.74) is 2.28. The molecule has 2 aromatic rings. The maximum absolute atomic E-state index is 11.5. The molecule has 0 aliphatic carbocycles. The zero-order valence-electron chi connectivity index (χ0n) is 12.5. The molecule has 2 atom stereocenters. The summed E-state index contributed by atoms with van der Waals surface area (Å²) in [7, 11) is 1.40. The van der Waals surface area contributed by atoms with Crippen molar-refractivity contribution in [2.24, 2.45) is 0 Å². The molecular formula is C18H19NO3. The molecule has 22 heavy (non-hydrogen) atoms. The Balaban J connectivity index is 1.68. The van der Waals surface area contributed by atoms with Crippen molar-refractivity contribution in [1.29, 1.82) is 0 Å². The van der Waals surface area contributed by atoms with Crippen molar-refractivity contribution in [3.8, 4) is 16.9 Å². The molecule has 0 spiro atoms. The number of hydrogen-bond donors (Lipinski definition) is 1. The second-order valence-electron chi connectivity index (χ2n) is 5.35. The number of esters is 1. The minimum Gasteiger partial charge on any atom is -0.489 e. The van der Waals surface area contributed by atoms with Gasteiger partial charge in [-0.25, -0.2) is 0 Å². The highest BCUT2D eigenvalue weighted by Crippen LogP contribution is 2.25. The molecule has 1 heterocycles. The van der Waals surface area contributed by atoms with Gasteiger partial charge < -0.3 is 14.8 Å². The minimum atomic E-state index is -0.271. The number of carbonyl (C=O) groups is 1. The number of benzene rings is 2. The molecule has 1 saturated heterocycles. The van der Waals surface area contributed by atoms with Crippen molar-refractivity contribution >= 4 is 5.97 Å². The summed E-state index contributed by atoms with van der Waals surface area (Å²) in [5, 5.41) is 3.12. The lowest BCUT2D eigenvalue weighted by molar-refractivity contribution is -0.142. The zero-order valence-corrected chi connectivity index (χ0v) is 12.5. The van der Waals surface area contributed by atoms with Crippen LogP contribution in [0.4, 0.5) is 0 Å². The van der Waals surface area contributed by atoms with E-state index < -0.39 is 0 Å². The first-order chi connectivity index (χ1) is 10.8. The maximum atomic E-state index is 11.5. The number of hydrogen-bond acceptors (Lipinski definition) is 4. The van der Waals surface area contributed by atoms with E-state index in [4.69, 9.17) is 9.47 Å². The number of methoxy groups -OCH3 is 1. The van der Waals surface area contributed by atoms with Gasteiger partial charge in [0.15, 0.2) is 0 Å². The standard InChI is InChI=1S/C18H19NO3/c1-21-18(20)17-11-16(12-19-17)22-15-9-5-8-14(10-15)13-6-3-2-4-7-13/h2-10,16-17,19H,11-12H2,1H3/t16-,17+/m1/s1. The van der Waals surface area contributed by atoms with E-state index in [0.717, 1.165) is 16.9 Å². The van der Waals surface area contributed by atoms with Crippen molar-refractivity contribution < 1.29 is 14.3 Å². The number of rotatable bonds is 4. The van der Waals surface area contributed by atoms with Crippen LogP contribution in [0.25, 0.3) is 11.1 Å². The van der Waals surface area contributed by atoms with Crippen LogP contribution in [0.3, 0.4) is 0 Å². The Labute approximate surface area is 130 Å². The molecule has 1 N–H and O–H groups in total. The monoisotopic (exact) mass is 297 g/mol. The molecule has 1 aliphatic rings. The molecular weight excluding hydrogens is 278 g/mol. The topological polar surface area (TPSA) is 47.6 Å². The largest absolute Gasteiger partial charge is 0.489 e. The lowest BCUT2D eigenvalue weighted by Gasteiger charge is -2.14. The predicted octanol–water partition coefficient (Wildman–Crippen LogP) is 2.64. The van der Waals surface area contributed by atoms with Crippen LogP contribution in [-0.4, -0.2) is 31.8 Å². The predicted molar refractivity (Wildman–Crippen MR) is 84.7 cm³/mol. The van der Waals surface area contributed by atoms with Gasteiger partial charge in [-0.1, -0.05) is 42.5 Å². The van der Waals surface area contributed by atoms with Crippen LogP contribution in [0.1, 0.15) is 6.42 Å². The van der Waals surface area contributed by atoms with Gasteiger partial charge in [-0.15, -0.1) is 0 Å². The average molecular weight is 297 g/mol. The summed E-state index contributed by atoms with van der Waals surface area (Å²) in [6.45, 7) is 0.648. The van der Waals surface area contributed by atoms with E-state index in [9.17, 15) is 4.79 Å². The normalized spacial score (nSPS) is 20.6. The molecule has 114 valence electrons. The lowest BCUT2D eigenvalue weighted by Crippen LogP contribution is -2.31. The number of carbonyl (C=O) groups excluding carboxylic acids is 1. The Hall–Kier alpha value is -2.33. The molecule has 1 aliphatic heterocycles. The highest BCUT2D eigenvalue weighted by atomic mass is 16.5. The van der Waals surface area contributed by atoms with E-state index in [2.05, 4.69) is 23.5 Å². The van der Waals surface area contributed by atoms with Crippen molar-refractivity contribution in [2.75, 3.05) is 13.7 Å². The summed E-state index contributed by atoms with van der Waals surface area (Å²) in [6, 6.07) is 17.9. The van der Waals surface area contributed by atoms with Crippen molar-refractivity contribution in [3.05, 3.63) is 54.6 Å². The molecule has 4 heteroatoms. The molecule has 0 radical (unpaired) electrons. The molecule has 2 aromatic carbocycles. The molecule has 3 rings (SSSR count). The molecule has 0 aromatic heterocycles. The van der Waals surface area contributed by atoms with Gasteiger partial charge in [-0.3, -0.25) is 4.79 Å². The fourth-order valence-electron chi connectivity index (χ4n) is 2.69. The third-order valence-electron chi connectivity index (χ3n) is 3.82. The van der Waals surface area contributed by atoms with Crippen LogP contribution in [-0.2, 0) is 9.53 Å². The van der Waals surface area contributed by atoms with Gasteiger partial charge in [0.25, 0.3) is 0 Å². The van der Waals surface area contributed by atoms with Gasteiger partial charge in [0, 0.05) is 13.0 Å². The van der Waals surface area contributed by atoms with E-state index >= 15 is 0 Å². The van der Waals surface area contributed by atoms with Crippen LogP contribution in [0.15, 0.2) is 54.6 Å². The highest BCUT2D eigenvalue weighted by Gasteiger charge is 2.31. The third kappa shape index (κ3) is 3.28. The molecule has 1 fully saturated rings. The van der Waals surface area contributed by atoms with Crippen LogP contribution in [0, 0.1) is 0 Å². The lowest BCUT2D eigenvalue weighted by atomic mass is 10.1. The van der Waals surface area contributed by atoms with Crippen molar-refractivity contribution in [2.45, 2.75) is 18.6 Å². The highest BCUT2D eigenvalue weighted by molar-refractivity contribution is 5.76. The van der Waals surface area contributed by atoms with E-state index in [1.165, 1.54) is 7.11 Å². The molecule has 0 unspecified atom stereocenters. The molecule has 0 bridgehead atoms. The summed E-state index contributed by atoms with van der Waals surface area (Å²) >= 11 is 0. The van der Waals surface area contributed by atoms with Gasteiger partial charge in [0.05, 0.1) is 7.11 Å². The smallest absolute Gasteiger partial charge is 0.323 e. The first-order valence-corrected chi connectivity index (χ1v) is 7.39.